The Bertz CT molecular complexity index is 811. The minimum Gasteiger partial charge on any atom is -0.497 e. The van der Waals surface area contributed by atoms with Crippen molar-refractivity contribution in [2.45, 2.75) is 6.61 Å². The molecule has 4 nitrogen and oxygen atoms in total. The fourth-order valence-electron chi connectivity index (χ4n) is 1.87. The summed E-state index contributed by atoms with van der Waals surface area (Å²) in [6.07, 6.45) is 0. The molecule has 0 aliphatic carbocycles. The van der Waals surface area contributed by atoms with Crippen molar-refractivity contribution in [1.82, 2.24) is 4.98 Å². The standard InChI is InChI=1S/C16H12ClNO3S2/c1-20-12-4-2-10(3-5-12)15-18-11(9-22-15)8-21-16(19)13-6-7-14(17)23-13/h2-7,9H,8H2,1H3. The largest absolute Gasteiger partial charge is 0.497 e. The highest BCUT2D eigenvalue weighted by molar-refractivity contribution is 7.17. The Labute approximate surface area is 146 Å². The summed E-state index contributed by atoms with van der Waals surface area (Å²) in [4.78, 5) is 16.8. The summed E-state index contributed by atoms with van der Waals surface area (Å²) in [6, 6.07) is 11.0. The number of thiazole rings is 1. The van der Waals surface area contributed by atoms with Gasteiger partial charge < -0.3 is 9.47 Å². The maximum absolute atomic E-state index is 11.9. The lowest BCUT2D eigenvalue weighted by Gasteiger charge is -2.01. The molecule has 0 fully saturated rings. The Hall–Kier alpha value is -1.89. The molecule has 0 bridgehead atoms. The van der Waals surface area contributed by atoms with E-state index in [1.807, 2.05) is 29.6 Å². The van der Waals surface area contributed by atoms with E-state index in [1.54, 1.807) is 19.2 Å². The first-order chi connectivity index (χ1) is 11.2. The van der Waals surface area contributed by atoms with E-state index < -0.39 is 0 Å². The van der Waals surface area contributed by atoms with E-state index in [4.69, 9.17) is 21.1 Å². The third kappa shape index (κ3) is 3.90. The number of hydrogen-bond acceptors (Lipinski definition) is 6. The van der Waals surface area contributed by atoms with Crippen molar-refractivity contribution in [2.24, 2.45) is 0 Å². The van der Waals surface area contributed by atoms with Crippen LogP contribution < -0.4 is 4.74 Å². The van der Waals surface area contributed by atoms with Gasteiger partial charge in [-0.05, 0) is 36.4 Å². The zero-order valence-electron chi connectivity index (χ0n) is 12.1. The van der Waals surface area contributed by atoms with E-state index in [-0.39, 0.29) is 12.6 Å². The molecule has 0 aliphatic rings. The second-order valence-electron chi connectivity index (χ2n) is 4.55. The van der Waals surface area contributed by atoms with Gasteiger partial charge in [0.1, 0.15) is 22.2 Å². The highest BCUT2D eigenvalue weighted by Gasteiger charge is 2.12. The number of esters is 1. The molecule has 0 atom stereocenters. The Morgan fingerprint density at radius 2 is 2.00 bits per heavy atom. The minimum atomic E-state index is -0.388. The number of carbonyl (C=O) groups is 1. The normalized spacial score (nSPS) is 10.5. The predicted molar refractivity (Wildman–Crippen MR) is 92.6 cm³/mol. The van der Waals surface area contributed by atoms with E-state index in [0.717, 1.165) is 22.0 Å². The van der Waals surface area contributed by atoms with Crippen LogP contribution in [0, 0.1) is 0 Å². The van der Waals surface area contributed by atoms with Gasteiger partial charge in [0.05, 0.1) is 17.1 Å². The van der Waals surface area contributed by atoms with Crippen LogP contribution in [0.3, 0.4) is 0 Å². The molecule has 0 spiro atoms. The number of hydrogen-bond donors (Lipinski definition) is 0. The summed E-state index contributed by atoms with van der Waals surface area (Å²) in [6.45, 7) is 0.140. The van der Waals surface area contributed by atoms with E-state index >= 15 is 0 Å². The van der Waals surface area contributed by atoms with Gasteiger partial charge in [0.15, 0.2) is 0 Å². The number of aromatic nitrogens is 1. The zero-order valence-corrected chi connectivity index (χ0v) is 14.5. The molecule has 0 N–H and O–H groups in total. The fraction of sp³-hybridized carbons (Fsp3) is 0.125. The maximum atomic E-state index is 11.9. The molecule has 1 aromatic carbocycles. The number of nitrogens with zero attached hydrogens (tertiary/aromatic N) is 1. The van der Waals surface area contributed by atoms with Gasteiger partial charge in [0.25, 0.3) is 0 Å². The SMILES string of the molecule is COc1ccc(-c2nc(COC(=O)c3ccc(Cl)s3)cs2)cc1. The second kappa shape index (κ2) is 7.12. The topological polar surface area (TPSA) is 48.4 Å². The average Bonchev–Trinajstić information content (AvgIpc) is 3.22. The van der Waals surface area contributed by atoms with Gasteiger partial charge >= 0.3 is 5.97 Å². The number of benzene rings is 1. The first-order valence-corrected chi connectivity index (χ1v) is 8.74. The van der Waals surface area contributed by atoms with Crippen molar-refractivity contribution >= 4 is 40.2 Å². The van der Waals surface area contributed by atoms with Crippen LogP contribution in [0.15, 0.2) is 41.8 Å². The second-order valence-corrected chi connectivity index (χ2v) is 7.13. The molecule has 0 amide bonds. The molecular formula is C16H12ClNO3S2. The molecule has 2 aromatic heterocycles. The Kier molecular flexibility index (Phi) is 4.95. The summed E-state index contributed by atoms with van der Waals surface area (Å²) >= 11 is 8.51. The molecular weight excluding hydrogens is 354 g/mol. The highest BCUT2D eigenvalue weighted by Crippen LogP contribution is 2.26. The van der Waals surface area contributed by atoms with Gasteiger partial charge in [0.2, 0.25) is 0 Å². The zero-order chi connectivity index (χ0) is 16.2. The van der Waals surface area contributed by atoms with E-state index in [1.165, 1.54) is 22.7 Å². The number of halogens is 1. The van der Waals surface area contributed by atoms with Crippen molar-refractivity contribution in [3.63, 3.8) is 0 Å². The first kappa shape index (κ1) is 16.0. The van der Waals surface area contributed by atoms with Crippen molar-refractivity contribution in [3.8, 4) is 16.3 Å². The molecule has 0 saturated heterocycles. The van der Waals surface area contributed by atoms with Crippen LogP contribution >= 0.6 is 34.3 Å². The molecule has 3 aromatic rings. The lowest BCUT2D eigenvalue weighted by atomic mass is 10.2. The van der Waals surface area contributed by atoms with E-state index in [2.05, 4.69) is 4.98 Å². The third-order valence-electron chi connectivity index (χ3n) is 3.01. The number of methoxy groups -OCH3 is 1. The molecule has 23 heavy (non-hydrogen) atoms. The minimum absolute atomic E-state index is 0.140. The smallest absolute Gasteiger partial charge is 0.348 e. The maximum Gasteiger partial charge on any atom is 0.348 e. The lowest BCUT2D eigenvalue weighted by Crippen LogP contribution is -2.03. The van der Waals surface area contributed by atoms with Gasteiger partial charge in [-0.2, -0.15) is 0 Å². The van der Waals surface area contributed by atoms with Gasteiger partial charge in [-0.25, -0.2) is 9.78 Å². The average molecular weight is 366 g/mol. The summed E-state index contributed by atoms with van der Waals surface area (Å²) in [5, 5.41) is 2.76. The van der Waals surface area contributed by atoms with Gasteiger partial charge in [-0.1, -0.05) is 11.6 Å². The molecule has 0 unspecified atom stereocenters. The molecule has 2 heterocycles. The molecule has 118 valence electrons. The van der Waals surface area contributed by atoms with Crippen molar-refractivity contribution in [3.05, 3.63) is 56.7 Å². The molecule has 0 radical (unpaired) electrons. The van der Waals surface area contributed by atoms with Crippen LogP contribution in [-0.2, 0) is 11.3 Å². The summed E-state index contributed by atoms with van der Waals surface area (Å²) in [5.41, 5.74) is 1.72. The molecule has 0 saturated carbocycles. The predicted octanol–water partition coefficient (Wildman–Crippen LogP) is 4.89. The number of ether oxygens (including phenoxy) is 2. The lowest BCUT2D eigenvalue weighted by molar-refractivity contribution is 0.0474. The van der Waals surface area contributed by atoms with Gasteiger partial charge in [-0.3, -0.25) is 0 Å². The van der Waals surface area contributed by atoms with Crippen molar-refractivity contribution in [2.75, 3.05) is 7.11 Å². The number of rotatable bonds is 5. The molecule has 7 heteroatoms. The van der Waals surface area contributed by atoms with Crippen molar-refractivity contribution in [1.29, 1.82) is 0 Å². The summed E-state index contributed by atoms with van der Waals surface area (Å²) in [5.74, 6) is 0.412. The number of carbonyl (C=O) groups excluding carboxylic acids is 1. The van der Waals surface area contributed by atoms with Gasteiger partial charge in [0, 0.05) is 10.9 Å². The van der Waals surface area contributed by atoms with Crippen molar-refractivity contribution < 1.29 is 14.3 Å². The Morgan fingerprint density at radius 1 is 1.22 bits per heavy atom. The van der Waals surface area contributed by atoms with E-state index in [0.29, 0.717) is 9.21 Å². The Balaban J connectivity index is 1.63. The van der Waals surface area contributed by atoms with Crippen LogP contribution in [0.25, 0.3) is 10.6 Å². The van der Waals surface area contributed by atoms with Crippen LogP contribution in [0.1, 0.15) is 15.4 Å². The van der Waals surface area contributed by atoms with Crippen LogP contribution in [0.5, 0.6) is 5.75 Å². The highest BCUT2D eigenvalue weighted by atomic mass is 35.5. The molecule has 0 aliphatic heterocycles. The quantitative estimate of drug-likeness (QED) is 0.604. The van der Waals surface area contributed by atoms with Crippen LogP contribution in [0.2, 0.25) is 4.34 Å². The first-order valence-electron chi connectivity index (χ1n) is 6.67. The number of thiophene rings is 1. The fourth-order valence-corrected chi connectivity index (χ4v) is 3.62. The molecule has 3 rings (SSSR count). The third-order valence-corrected chi connectivity index (χ3v) is 5.17. The Morgan fingerprint density at radius 3 is 2.65 bits per heavy atom. The van der Waals surface area contributed by atoms with Crippen LogP contribution in [-0.4, -0.2) is 18.1 Å². The summed E-state index contributed by atoms with van der Waals surface area (Å²) < 4.78 is 10.9. The van der Waals surface area contributed by atoms with E-state index in [9.17, 15) is 4.79 Å². The van der Waals surface area contributed by atoms with Gasteiger partial charge in [-0.15, -0.1) is 22.7 Å². The van der Waals surface area contributed by atoms with Crippen LogP contribution in [0.4, 0.5) is 0 Å². The monoisotopic (exact) mass is 365 g/mol. The summed E-state index contributed by atoms with van der Waals surface area (Å²) in [7, 11) is 1.63.